The molecule has 1 aromatic heterocycles. The molecule has 1 fully saturated rings. The minimum absolute atomic E-state index is 0.155. The molecule has 0 bridgehead atoms. The Bertz CT molecular complexity index is 392. The Labute approximate surface area is 110 Å². The second-order valence-electron chi connectivity index (χ2n) is 6.42. The zero-order valence-electron chi connectivity index (χ0n) is 12.0. The minimum atomic E-state index is -0.155. The van der Waals surface area contributed by atoms with Crippen molar-refractivity contribution >= 4 is 0 Å². The molecule has 102 valence electrons. The Balaban J connectivity index is 2.09. The fourth-order valence-electron chi connectivity index (χ4n) is 2.97. The first-order chi connectivity index (χ1) is 8.37. The van der Waals surface area contributed by atoms with Gasteiger partial charge in [0, 0.05) is 26.7 Å². The van der Waals surface area contributed by atoms with Crippen LogP contribution in [0.25, 0.3) is 0 Å². The van der Waals surface area contributed by atoms with Gasteiger partial charge in [-0.15, -0.1) is 0 Å². The predicted molar refractivity (Wildman–Crippen MR) is 72.2 cm³/mol. The van der Waals surface area contributed by atoms with Crippen molar-refractivity contribution < 1.29 is 5.11 Å². The highest BCUT2D eigenvalue weighted by Crippen LogP contribution is 2.29. The Morgan fingerprint density at radius 3 is 2.83 bits per heavy atom. The molecule has 1 saturated heterocycles. The van der Waals surface area contributed by atoms with Gasteiger partial charge in [-0.05, 0) is 30.7 Å². The molecular formula is C14H25N3O. The number of aryl methyl sites for hydroxylation is 2. The quantitative estimate of drug-likeness (QED) is 0.870. The van der Waals surface area contributed by atoms with Gasteiger partial charge in [0.05, 0.1) is 18.0 Å². The Morgan fingerprint density at radius 1 is 1.50 bits per heavy atom. The van der Waals surface area contributed by atoms with Crippen LogP contribution in [0.1, 0.15) is 37.9 Å². The molecule has 1 aliphatic rings. The van der Waals surface area contributed by atoms with E-state index < -0.39 is 0 Å². The van der Waals surface area contributed by atoms with Crippen LogP contribution in [0.2, 0.25) is 0 Å². The molecule has 0 aromatic carbocycles. The van der Waals surface area contributed by atoms with Crippen LogP contribution in [0.3, 0.4) is 0 Å². The van der Waals surface area contributed by atoms with Crippen molar-refractivity contribution in [1.29, 1.82) is 0 Å². The van der Waals surface area contributed by atoms with Crippen LogP contribution in [0, 0.1) is 12.3 Å². The normalized spacial score (nSPS) is 25.1. The second-order valence-corrected chi connectivity index (χ2v) is 6.42. The first-order valence-corrected chi connectivity index (χ1v) is 6.75. The Morgan fingerprint density at radius 2 is 2.22 bits per heavy atom. The third kappa shape index (κ3) is 3.12. The van der Waals surface area contributed by atoms with E-state index >= 15 is 0 Å². The number of aromatic nitrogens is 2. The molecule has 2 heterocycles. The zero-order chi connectivity index (χ0) is 13.3. The van der Waals surface area contributed by atoms with E-state index in [1.807, 2.05) is 17.9 Å². The van der Waals surface area contributed by atoms with Gasteiger partial charge >= 0.3 is 0 Å². The van der Waals surface area contributed by atoms with Gasteiger partial charge in [0.25, 0.3) is 0 Å². The van der Waals surface area contributed by atoms with E-state index in [-0.39, 0.29) is 11.5 Å². The molecule has 0 radical (unpaired) electrons. The Kier molecular flexibility index (Phi) is 3.78. The fraction of sp³-hybridized carbons (Fsp3) is 0.786. The molecule has 0 amide bonds. The summed E-state index contributed by atoms with van der Waals surface area (Å²) >= 11 is 0. The van der Waals surface area contributed by atoms with Gasteiger partial charge in [-0.2, -0.15) is 5.10 Å². The molecular weight excluding hydrogens is 226 g/mol. The highest BCUT2D eigenvalue weighted by Gasteiger charge is 2.29. The number of nitrogens with zero attached hydrogens (tertiary/aromatic N) is 3. The standard InChI is InChI=1S/C14H25N3O/c1-11-8-15-16(4)13(11)9-17-6-5-12(18)7-14(2,3)10-17/h8,12,18H,5-7,9-10H2,1-4H3. The SMILES string of the molecule is Cc1cnn(C)c1CN1CCC(O)CC(C)(C)C1. The van der Waals surface area contributed by atoms with Crippen molar-refractivity contribution in [3.05, 3.63) is 17.5 Å². The zero-order valence-corrected chi connectivity index (χ0v) is 12.0. The van der Waals surface area contributed by atoms with Crippen LogP contribution >= 0.6 is 0 Å². The van der Waals surface area contributed by atoms with Gasteiger partial charge in [-0.25, -0.2) is 0 Å². The van der Waals surface area contributed by atoms with Gasteiger partial charge in [0.15, 0.2) is 0 Å². The maximum absolute atomic E-state index is 9.93. The number of rotatable bonds is 2. The third-order valence-electron chi connectivity index (χ3n) is 3.86. The van der Waals surface area contributed by atoms with E-state index in [0.29, 0.717) is 0 Å². The van der Waals surface area contributed by atoms with Gasteiger partial charge in [-0.1, -0.05) is 13.8 Å². The van der Waals surface area contributed by atoms with E-state index in [4.69, 9.17) is 0 Å². The summed E-state index contributed by atoms with van der Waals surface area (Å²) in [7, 11) is 2.00. The topological polar surface area (TPSA) is 41.3 Å². The van der Waals surface area contributed by atoms with E-state index in [1.165, 1.54) is 11.3 Å². The van der Waals surface area contributed by atoms with Crippen LogP contribution in [0.5, 0.6) is 0 Å². The van der Waals surface area contributed by atoms with Crippen molar-refractivity contribution in [2.45, 2.75) is 46.3 Å². The van der Waals surface area contributed by atoms with Crippen LogP contribution in [0.4, 0.5) is 0 Å². The fourth-order valence-corrected chi connectivity index (χ4v) is 2.97. The molecule has 4 heteroatoms. The van der Waals surface area contributed by atoms with Gasteiger partial charge < -0.3 is 5.11 Å². The average Bonchev–Trinajstić information content (AvgIpc) is 2.48. The van der Waals surface area contributed by atoms with E-state index in [0.717, 1.165) is 32.5 Å². The largest absolute Gasteiger partial charge is 0.393 e. The molecule has 1 aromatic rings. The summed E-state index contributed by atoms with van der Waals surface area (Å²) in [5.74, 6) is 0. The monoisotopic (exact) mass is 251 g/mol. The summed E-state index contributed by atoms with van der Waals surface area (Å²) in [6.45, 7) is 9.53. The van der Waals surface area contributed by atoms with Crippen LogP contribution in [0.15, 0.2) is 6.20 Å². The molecule has 1 N–H and O–H groups in total. The summed E-state index contributed by atoms with van der Waals surface area (Å²) in [5.41, 5.74) is 2.71. The van der Waals surface area contributed by atoms with Gasteiger partial charge in [-0.3, -0.25) is 9.58 Å². The first kappa shape index (κ1) is 13.6. The highest BCUT2D eigenvalue weighted by molar-refractivity contribution is 5.15. The molecule has 0 spiro atoms. The van der Waals surface area contributed by atoms with Crippen molar-refractivity contribution in [3.8, 4) is 0 Å². The molecule has 1 atom stereocenters. The first-order valence-electron chi connectivity index (χ1n) is 6.75. The van der Waals surface area contributed by atoms with E-state index in [2.05, 4.69) is 30.8 Å². The van der Waals surface area contributed by atoms with E-state index in [9.17, 15) is 5.11 Å². The molecule has 2 rings (SSSR count). The van der Waals surface area contributed by atoms with Crippen molar-refractivity contribution in [1.82, 2.24) is 14.7 Å². The summed E-state index contributed by atoms with van der Waals surface area (Å²) in [5, 5.41) is 14.2. The summed E-state index contributed by atoms with van der Waals surface area (Å²) < 4.78 is 1.96. The van der Waals surface area contributed by atoms with Gasteiger partial charge in [0.2, 0.25) is 0 Å². The number of hydrogen-bond acceptors (Lipinski definition) is 3. The smallest absolute Gasteiger partial charge is 0.0558 e. The molecule has 18 heavy (non-hydrogen) atoms. The lowest BCUT2D eigenvalue weighted by atomic mass is 9.87. The van der Waals surface area contributed by atoms with Crippen molar-refractivity contribution in [2.75, 3.05) is 13.1 Å². The number of likely N-dealkylation sites (tertiary alicyclic amines) is 1. The number of aliphatic hydroxyl groups excluding tert-OH is 1. The summed E-state index contributed by atoms with van der Waals surface area (Å²) in [6, 6.07) is 0. The lowest BCUT2D eigenvalue weighted by molar-refractivity contribution is 0.121. The number of aliphatic hydroxyl groups is 1. The van der Waals surface area contributed by atoms with Crippen molar-refractivity contribution in [2.24, 2.45) is 12.5 Å². The molecule has 1 aliphatic heterocycles. The average molecular weight is 251 g/mol. The van der Waals surface area contributed by atoms with Crippen LogP contribution in [-0.2, 0) is 13.6 Å². The lowest BCUT2D eigenvalue weighted by Crippen LogP contribution is -2.33. The highest BCUT2D eigenvalue weighted by atomic mass is 16.3. The maximum Gasteiger partial charge on any atom is 0.0558 e. The van der Waals surface area contributed by atoms with Crippen molar-refractivity contribution in [3.63, 3.8) is 0 Å². The van der Waals surface area contributed by atoms with Crippen LogP contribution < -0.4 is 0 Å². The second kappa shape index (κ2) is 5.02. The molecule has 1 unspecified atom stereocenters. The molecule has 0 saturated carbocycles. The van der Waals surface area contributed by atoms with Gasteiger partial charge in [0.1, 0.15) is 0 Å². The summed E-state index contributed by atoms with van der Waals surface area (Å²) in [4.78, 5) is 2.44. The third-order valence-corrected chi connectivity index (χ3v) is 3.86. The predicted octanol–water partition coefficient (Wildman–Crippen LogP) is 1.71. The lowest BCUT2D eigenvalue weighted by Gasteiger charge is -2.29. The Hall–Kier alpha value is -0.870. The molecule has 4 nitrogen and oxygen atoms in total. The minimum Gasteiger partial charge on any atom is -0.393 e. The van der Waals surface area contributed by atoms with E-state index in [1.54, 1.807) is 0 Å². The van der Waals surface area contributed by atoms with Crippen LogP contribution in [-0.4, -0.2) is 39.0 Å². The number of hydrogen-bond donors (Lipinski definition) is 1. The molecule has 0 aliphatic carbocycles. The summed E-state index contributed by atoms with van der Waals surface area (Å²) in [6.07, 6.45) is 3.54. The maximum atomic E-state index is 9.93.